The van der Waals surface area contributed by atoms with E-state index in [-0.39, 0.29) is 42.2 Å². The van der Waals surface area contributed by atoms with E-state index in [9.17, 15) is 24.3 Å². The Morgan fingerprint density at radius 2 is 1.72 bits per heavy atom. The molecule has 2 aliphatic heterocycles. The van der Waals surface area contributed by atoms with Crippen molar-refractivity contribution in [2.75, 3.05) is 6.54 Å². The molecule has 4 amide bonds. The molecule has 0 spiro atoms. The number of amides is 4. The Balaban J connectivity index is 0.804. The van der Waals surface area contributed by atoms with Crippen molar-refractivity contribution in [3.05, 3.63) is 134 Å². The quantitative estimate of drug-likeness (QED) is 0.0862. The third-order valence-corrected chi connectivity index (χ3v) is 16.4. The van der Waals surface area contributed by atoms with Crippen molar-refractivity contribution in [1.29, 1.82) is 0 Å². The van der Waals surface area contributed by atoms with E-state index in [1.807, 2.05) is 66.9 Å². The van der Waals surface area contributed by atoms with E-state index in [1.54, 1.807) is 42.0 Å². The molecule has 19 heteroatoms. The molecule has 10 rings (SSSR count). The van der Waals surface area contributed by atoms with Gasteiger partial charge < -0.3 is 35.1 Å². The molecule has 74 heavy (non-hydrogen) atoms. The molecule has 0 radical (unpaired) electrons. The third-order valence-electron chi connectivity index (χ3n) is 14.0. The smallest absolute Gasteiger partial charge is 0.287 e. The highest BCUT2D eigenvalue weighted by molar-refractivity contribution is 7.15. The molecule has 384 valence electrons. The molecule has 2 fully saturated rings. The second-order valence-corrected chi connectivity index (χ2v) is 22.0. The zero-order valence-corrected chi connectivity index (χ0v) is 43.7. The largest absolute Gasteiger partial charge is 0.490 e. The summed E-state index contributed by atoms with van der Waals surface area (Å²) in [5, 5.41) is 30.1. The maximum Gasteiger partial charge on any atom is 0.287 e. The average molecular weight is 1060 g/mol. The molecule has 1 saturated heterocycles. The zero-order chi connectivity index (χ0) is 57.3. The van der Waals surface area contributed by atoms with Crippen LogP contribution in [0.2, 0.25) is 5.02 Å². The second-order valence-electron chi connectivity index (χ2n) is 19.5. The Kier molecular flexibility index (Phi) is 11.9. The number of carbonyl (C=O) groups excluding carboxylic acids is 4. The number of thiophene rings is 1. The number of aliphatic hydroxyl groups excluding tert-OH is 1. The number of nitrogens with one attached hydrogen (secondary N) is 3. The van der Waals surface area contributed by atoms with Crippen LogP contribution in [0.5, 0.6) is 5.75 Å². The van der Waals surface area contributed by atoms with Gasteiger partial charge in [-0.15, -0.1) is 32.9 Å². The number of hydrogen-bond acceptors (Lipinski definition) is 13. The number of nitrogens with zero attached hydrogens (tertiary/aromatic N) is 6. The molecular formula is C55H58ClN9O7S2. The average Bonchev–Trinajstić information content (AvgIpc) is 4.40. The summed E-state index contributed by atoms with van der Waals surface area (Å²) in [5.41, 5.74) is 5.29. The number of aromatic nitrogens is 4. The Morgan fingerprint density at radius 3 is 2.43 bits per heavy atom. The maximum absolute atomic E-state index is 14.8. The normalized spacial score (nSPS) is 21.7. The molecule has 0 unspecified atom stereocenters. The number of aliphatic hydroxyl groups is 1. The van der Waals surface area contributed by atoms with Gasteiger partial charge >= 0.3 is 0 Å². The number of aliphatic imine (C=N–C) groups is 1. The van der Waals surface area contributed by atoms with Crippen LogP contribution in [0.15, 0.2) is 87.7 Å². The number of β-amino-alcohol motifs (C(OH)–C–C–N with tert-alkyl or cyclic N) is 1. The number of likely N-dealkylation sites (tertiary alicyclic amines) is 1. The van der Waals surface area contributed by atoms with E-state index < -0.39 is 73.7 Å². The lowest BCUT2D eigenvalue weighted by Crippen LogP contribution is -2.57. The predicted octanol–water partition coefficient (Wildman–Crippen LogP) is 9.08. The van der Waals surface area contributed by atoms with Crippen LogP contribution in [0.1, 0.15) is 129 Å². The van der Waals surface area contributed by atoms with Crippen LogP contribution in [-0.2, 0) is 14.4 Å². The van der Waals surface area contributed by atoms with E-state index in [0.29, 0.717) is 40.6 Å². The first-order chi connectivity index (χ1) is 37.8. The van der Waals surface area contributed by atoms with Gasteiger partial charge in [-0.1, -0.05) is 68.6 Å². The number of halogens is 1. The first kappa shape index (κ1) is 43.6. The van der Waals surface area contributed by atoms with E-state index >= 15 is 0 Å². The zero-order valence-electron chi connectivity index (χ0n) is 47.4. The number of aryl methyl sites for hydroxylation is 3. The van der Waals surface area contributed by atoms with Crippen molar-refractivity contribution in [3.63, 3.8) is 0 Å². The van der Waals surface area contributed by atoms with Gasteiger partial charge in [0.1, 0.15) is 46.4 Å². The van der Waals surface area contributed by atoms with Gasteiger partial charge in [0.25, 0.3) is 5.91 Å². The number of carbonyl (C=O) groups is 4. The number of thiazole rings is 1. The fourth-order valence-corrected chi connectivity index (χ4v) is 11.9. The second kappa shape index (κ2) is 20.2. The molecule has 5 atom stereocenters. The van der Waals surface area contributed by atoms with Crippen molar-refractivity contribution >= 4 is 74.6 Å². The van der Waals surface area contributed by atoms with Crippen LogP contribution in [0.25, 0.3) is 26.4 Å². The minimum atomic E-state index is -3.37. The molecule has 16 nitrogen and oxygen atoms in total. The summed E-state index contributed by atoms with van der Waals surface area (Å²) in [4.78, 5) is 69.3. The summed E-state index contributed by atoms with van der Waals surface area (Å²) >= 11 is 9.40. The first-order valence-electron chi connectivity index (χ1n) is 27.3. The van der Waals surface area contributed by atoms with Gasteiger partial charge in [0.05, 0.1) is 40.4 Å². The molecule has 1 aliphatic carbocycles. The first-order valence-corrected chi connectivity index (χ1v) is 26.3. The van der Waals surface area contributed by atoms with Crippen molar-refractivity contribution in [3.8, 4) is 21.2 Å². The third kappa shape index (κ3) is 10.1. The molecule has 3 aliphatic rings. The molecule has 4 N–H and O–H groups in total. The minimum absolute atomic E-state index is 0.0157. The van der Waals surface area contributed by atoms with Crippen LogP contribution < -0.4 is 20.7 Å². The van der Waals surface area contributed by atoms with Crippen molar-refractivity contribution in [1.82, 2.24) is 40.6 Å². The van der Waals surface area contributed by atoms with Gasteiger partial charge in [-0.2, -0.15) is 0 Å². The molecule has 0 bridgehead atoms. The van der Waals surface area contributed by atoms with E-state index in [4.69, 9.17) is 34.0 Å². The van der Waals surface area contributed by atoms with Crippen LogP contribution in [0, 0.1) is 33.1 Å². The Bertz CT molecular complexity index is 3560. The summed E-state index contributed by atoms with van der Waals surface area (Å²) in [6, 6.07) is 16.1. The van der Waals surface area contributed by atoms with Crippen molar-refractivity contribution in [2.24, 2.45) is 10.4 Å². The van der Waals surface area contributed by atoms with Crippen LogP contribution in [-0.4, -0.2) is 96.0 Å². The van der Waals surface area contributed by atoms with Crippen LogP contribution >= 0.6 is 34.3 Å². The number of hydrogen-bond donors (Lipinski definition) is 4. The van der Waals surface area contributed by atoms with Gasteiger partial charge in [-0.3, -0.25) is 28.7 Å². The molecule has 7 aromatic rings. The minimum Gasteiger partial charge on any atom is -0.490 e. The van der Waals surface area contributed by atoms with Crippen LogP contribution in [0.4, 0.5) is 0 Å². The summed E-state index contributed by atoms with van der Waals surface area (Å²) in [7, 11) is 0. The van der Waals surface area contributed by atoms with E-state index in [2.05, 4.69) is 45.0 Å². The Hall–Kier alpha value is -6.73. The van der Waals surface area contributed by atoms with Gasteiger partial charge in [0.2, 0.25) is 17.7 Å². The maximum atomic E-state index is 14.8. The van der Waals surface area contributed by atoms with E-state index in [1.165, 1.54) is 17.4 Å². The predicted molar refractivity (Wildman–Crippen MR) is 285 cm³/mol. The number of rotatable bonds is 13. The van der Waals surface area contributed by atoms with Gasteiger partial charge in [-0.05, 0) is 93.1 Å². The van der Waals surface area contributed by atoms with Crippen LogP contribution in [0.3, 0.4) is 0 Å². The summed E-state index contributed by atoms with van der Waals surface area (Å²) in [5.74, 6) is -1.87. The summed E-state index contributed by atoms with van der Waals surface area (Å²) in [6.07, 6.45) is -0.731. The van der Waals surface area contributed by atoms with E-state index in [0.717, 1.165) is 65.8 Å². The lowest BCUT2D eigenvalue weighted by Gasteiger charge is -2.36. The highest BCUT2D eigenvalue weighted by Crippen LogP contribution is 2.40. The summed E-state index contributed by atoms with van der Waals surface area (Å²) in [6.45, 7) is 3.35. The SMILES string of the molecule is [2H]C([2H])([2H])C(C)([C@H](NC(=O)c1cc2cc(O[C@H]3C[C@@H](NC(=O)C[C@@H]4N=C(c5ccc(Cl)cc5)c5c(sc(C)c5C)-n5c(C)nnc54)C3)ccc2o1)C(=O)N1C[C@H](O)C[C@H]1C(=O)N[C@@H](C)c1ccc(-c2scnc2C)cc1)C([2H])([2H])[2H]. The summed E-state index contributed by atoms with van der Waals surface area (Å²) < 4.78 is 64.9. The standard InChI is InChI=1S/C55H58ClN9O7S2/c1-27-30(4)74-54-46(27)47(33-13-15-36(56)16-14-33)60-41(50-63-62-31(5)65(50)54)24-45(67)59-37-21-40(22-37)71-39-17-18-43-35(19-39)20-44(72-43)52(69)61-49(55(6,7)8)53(70)64-25-38(66)23-42(64)51(68)58-28(2)32-9-11-34(12-10-32)48-29(3)57-26-73-48/h9-20,26,28,37-38,40-42,49,66H,21-25H2,1-8H3,(H,58,68)(H,59,67)(H,61,69)/t28-,37-,38+,40+,41-,42-,49+/m0/s1/i6D3,7D3. The van der Waals surface area contributed by atoms with Gasteiger partial charge in [-0.25, -0.2) is 4.98 Å². The highest BCUT2D eigenvalue weighted by Gasteiger charge is 2.45. The molecule has 3 aromatic carbocycles. The highest BCUT2D eigenvalue weighted by atomic mass is 35.5. The molecular weight excluding hydrogens is 998 g/mol. The monoisotopic (exact) mass is 1060 g/mol. The number of furan rings is 1. The fourth-order valence-electron chi connectivity index (χ4n) is 9.80. The van der Waals surface area contributed by atoms with Crippen molar-refractivity contribution in [2.45, 2.75) is 123 Å². The fraction of sp³-hybridized carbons (Fsp3) is 0.382. The molecule has 4 aromatic heterocycles. The number of fused-ring (bicyclic) bond motifs is 4. The lowest BCUT2D eigenvalue weighted by molar-refractivity contribution is -0.142. The van der Waals surface area contributed by atoms with Gasteiger partial charge in [0, 0.05) is 66.5 Å². The molecule has 1 saturated carbocycles. The lowest BCUT2D eigenvalue weighted by atomic mass is 9.85. The number of ether oxygens (including phenoxy) is 1. The number of benzene rings is 3. The topological polar surface area (TPSA) is 206 Å². The van der Waals surface area contributed by atoms with Gasteiger partial charge in [0.15, 0.2) is 11.6 Å². The molecule has 6 heterocycles. The van der Waals surface area contributed by atoms with Crippen molar-refractivity contribution < 1.29 is 41.7 Å². The Labute approximate surface area is 450 Å². The Morgan fingerprint density at radius 1 is 0.973 bits per heavy atom.